The summed E-state index contributed by atoms with van der Waals surface area (Å²) >= 11 is 0. The van der Waals surface area contributed by atoms with Gasteiger partial charge in [-0.25, -0.2) is 9.96 Å². The number of hydrogen-bond donors (Lipinski definition) is 1. The third kappa shape index (κ3) is 3.66. The number of benzene rings is 3. The molecule has 0 aromatic heterocycles. The molecule has 166 valence electrons. The molecule has 33 heavy (non-hydrogen) atoms. The quantitative estimate of drug-likeness (QED) is 0.619. The van der Waals surface area contributed by atoms with Crippen LogP contribution in [0.5, 0.6) is 0 Å². The SMILES string of the molecule is CC(=O)Nc1ccc([C@@H]2[C@@H]3C(=O)N(c4cccc(C)c4)C(=O)[C@@H]3ON2c2ccccc2)cc1. The first kappa shape index (κ1) is 20.9. The van der Waals surface area contributed by atoms with Crippen molar-refractivity contribution in [1.29, 1.82) is 0 Å². The van der Waals surface area contributed by atoms with Gasteiger partial charge in [0.05, 0.1) is 17.4 Å². The van der Waals surface area contributed by atoms with Crippen molar-refractivity contribution in [3.8, 4) is 0 Å². The second kappa shape index (κ2) is 8.18. The minimum atomic E-state index is -0.918. The van der Waals surface area contributed by atoms with Gasteiger partial charge in [-0.05, 0) is 54.4 Å². The van der Waals surface area contributed by atoms with Crippen LogP contribution < -0.4 is 15.3 Å². The number of carbonyl (C=O) groups excluding carboxylic acids is 3. The fourth-order valence-corrected chi connectivity index (χ4v) is 4.54. The van der Waals surface area contributed by atoms with Gasteiger partial charge in [0, 0.05) is 12.6 Å². The van der Waals surface area contributed by atoms with Gasteiger partial charge >= 0.3 is 0 Å². The largest absolute Gasteiger partial charge is 0.326 e. The molecule has 3 aromatic carbocycles. The van der Waals surface area contributed by atoms with Crippen LogP contribution in [-0.4, -0.2) is 23.8 Å². The summed E-state index contributed by atoms with van der Waals surface area (Å²) < 4.78 is 0. The molecule has 3 amide bonds. The van der Waals surface area contributed by atoms with Gasteiger partial charge in [0.15, 0.2) is 6.10 Å². The third-order valence-corrected chi connectivity index (χ3v) is 5.96. The average molecular weight is 441 g/mol. The summed E-state index contributed by atoms with van der Waals surface area (Å²) in [4.78, 5) is 45.7. The molecule has 3 aromatic rings. The van der Waals surface area contributed by atoms with Gasteiger partial charge in [-0.1, -0.05) is 42.5 Å². The standard InChI is InChI=1S/C26H23N3O4/c1-16-7-6-10-21(15-16)28-25(31)22-23(18-11-13-19(14-12-18)27-17(2)30)29(33-24(22)26(28)32)20-8-4-3-5-9-20/h3-15,22-24H,1-2H3,(H,27,30)/t22-,23+,24+/m0/s1. The van der Waals surface area contributed by atoms with E-state index in [1.165, 1.54) is 11.8 Å². The van der Waals surface area contributed by atoms with E-state index in [-0.39, 0.29) is 17.7 Å². The van der Waals surface area contributed by atoms with E-state index >= 15 is 0 Å². The third-order valence-electron chi connectivity index (χ3n) is 5.96. The van der Waals surface area contributed by atoms with Gasteiger partial charge in [-0.15, -0.1) is 0 Å². The van der Waals surface area contributed by atoms with Gasteiger partial charge in [-0.3, -0.25) is 19.2 Å². The predicted molar refractivity (Wildman–Crippen MR) is 124 cm³/mol. The molecule has 2 heterocycles. The van der Waals surface area contributed by atoms with Gasteiger partial charge in [0.1, 0.15) is 5.92 Å². The highest BCUT2D eigenvalue weighted by molar-refractivity contribution is 6.24. The number of rotatable bonds is 4. The number of para-hydroxylation sites is 1. The van der Waals surface area contributed by atoms with Crippen LogP contribution in [0.25, 0.3) is 0 Å². The monoisotopic (exact) mass is 441 g/mol. The van der Waals surface area contributed by atoms with Gasteiger partial charge in [0.2, 0.25) is 11.8 Å². The number of fused-ring (bicyclic) bond motifs is 1. The minimum absolute atomic E-state index is 0.164. The van der Waals surface area contributed by atoms with E-state index in [4.69, 9.17) is 4.84 Å². The lowest BCUT2D eigenvalue weighted by Crippen LogP contribution is -2.37. The molecule has 3 atom stereocenters. The maximum absolute atomic E-state index is 13.6. The summed E-state index contributed by atoms with van der Waals surface area (Å²) in [7, 11) is 0. The Morgan fingerprint density at radius 1 is 0.879 bits per heavy atom. The summed E-state index contributed by atoms with van der Waals surface area (Å²) in [6, 6.07) is 23.5. The smallest absolute Gasteiger partial charge is 0.266 e. The van der Waals surface area contributed by atoms with Crippen molar-refractivity contribution in [3.63, 3.8) is 0 Å². The van der Waals surface area contributed by atoms with Gasteiger partial charge in [-0.2, -0.15) is 0 Å². The highest BCUT2D eigenvalue weighted by atomic mass is 16.7. The molecular weight excluding hydrogens is 418 g/mol. The molecule has 0 radical (unpaired) electrons. The molecule has 0 spiro atoms. The van der Waals surface area contributed by atoms with Crippen molar-refractivity contribution in [2.24, 2.45) is 5.92 Å². The lowest BCUT2D eigenvalue weighted by molar-refractivity contribution is -0.126. The molecule has 7 nitrogen and oxygen atoms in total. The normalized spacial score (nSPS) is 21.9. The Hall–Kier alpha value is -3.97. The summed E-state index contributed by atoms with van der Waals surface area (Å²) in [5, 5.41) is 4.41. The molecule has 2 fully saturated rings. The predicted octanol–water partition coefficient (Wildman–Crippen LogP) is 4.00. The number of anilines is 3. The van der Waals surface area contributed by atoms with Crippen molar-refractivity contribution >= 4 is 34.8 Å². The molecular formula is C26H23N3O4. The number of nitrogens with one attached hydrogen (secondary N) is 1. The fraction of sp³-hybridized carbons (Fsp3) is 0.192. The molecule has 2 aliphatic heterocycles. The molecule has 0 saturated carbocycles. The van der Waals surface area contributed by atoms with Crippen molar-refractivity contribution in [1.82, 2.24) is 0 Å². The van der Waals surface area contributed by atoms with Crippen molar-refractivity contribution in [2.45, 2.75) is 26.0 Å². The molecule has 5 rings (SSSR count). The van der Waals surface area contributed by atoms with Crippen LogP contribution in [0.4, 0.5) is 17.1 Å². The van der Waals surface area contributed by atoms with E-state index in [2.05, 4.69) is 5.32 Å². The minimum Gasteiger partial charge on any atom is -0.326 e. The Morgan fingerprint density at radius 3 is 2.24 bits per heavy atom. The van der Waals surface area contributed by atoms with Crippen LogP contribution in [-0.2, 0) is 19.2 Å². The highest BCUT2D eigenvalue weighted by Crippen LogP contribution is 2.47. The topological polar surface area (TPSA) is 79.0 Å². The molecule has 7 heteroatoms. The second-order valence-electron chi connectivity index (χ2n) is 8.31. The number of imide groups is 1. The van der Waals surface area contributed by atoms with E-state index < -0.39 is 18.1 Å². The Bertz CT molecular complexity index is 1230. The van der Waals surface area contributed by atoms with E-state index in [0.29, 0.717) is 11.4 Å². The number of amides is 3. The van der Waals surface area contributed by atoms with E-state index in [1.54, 1.807) is 23.3 Å². The zero-order valence-electron chi connectivity index (χ0n) is 18.3. The van der Waals surface area contributed by atoms with E-state index in [1.807, 2.05) is 67.6 Å². The number of hydrogen-bond acceptors (Lipinski definition) is 5. The van der Waals surface area contributed by atoms with Crippen molar-refractivity contribution in [3.05, 3.63) is 90.0 Å². The van der Waals surface area contributed by atoms with Crippen LogP contribution in [0.2, 0.25) is 0 Å². The Balaban J connectivity index is 1.55. The first-order valence-corrected chi connectivity index (χ1v) is 10.8. The Kier molecular flexibility index (Phi) is 5.18. The van der Waals surface area contributed by atoms with Crippen LogP contribution in [0.3, 0.4) is 0 Å². The van der Waals surface area contributed by atoms with Crippen LogP contribution in [0.1, 0.15) is 24.1 Å². The Morgan fingerprint density at radius 2 is 1.58 bits per heavy atom. The molecule has 0 bridgehead atoms. The number of carbonyl (C=O) groups is 3. The number of nitrogens with zero attached hydrogens (tertiary/aromatic N) is 2. The first-order chi connectivity index (χ1) is 15.9. The number of aryl methyl sites for hydroxylation is 1. The zero-order chi connectivity index (χ0) is 23.1. The highest BCUT2D eigenvalue weighted by Gasteiger charge is 2.60. The van der Waals surface area contributed by atoms with Crippen molar-refractivity contribution in [2.75, 3.05) is 15.3 Å². The lowest BCUT2D eigenvalue weighted by Gasteiger charge is -2.29. The van der Waals surface area contributed by atoms with Gasteiger partial charge < -0.3 is 5.32 Å². The molecule has 1 N–H and O–H groups in total. The summed E-state index contributed by atoms with van der Waals surface area (Å²) in [5.74, 6) is -1.52. The van der Waals surface area contributed by atoms with Crippen molar-refractivity contribution < 1.29 is 19.2 Å². The van der Waals surface area contributed by atoms with E-state index in [0.717, 1.165) is 16.8 Å². The zero-order valence-corrected chi connectivity index (χ0v) is 18.3. The maximum Gasteiger partial charge on any atom is 0.266 e. The molecule has 0 aliphatic carbocycles. The maximum atomic E-state index is 13.6. The Labute approximate surface area is 191 Å². The van der Waals surface area contributed by atoms with E-state index in [9.17, 15) is 14.4 Å². The van der Waals surface area contributed by atoms with Gasteiger partial charge in [0.25, 0.3) is 5.91 Å². The summed E-state index contributed by atoms with van der Waals surface area (Å²) in [6.07, 6.45) is -0.918. The fourth-order valence-electron chi connectivity index (χ4n) is 4.54. The van der Waals surface area contributed by atoms with Crippen LogP contribution >= 0.6 is 0 Å². The molecule has 0 unspecified atom stereocenters. The molecule has 2 saturated heterocycles. The second-order valence-corrected chi connectivity index (χ2v) is 8.31. The average Bonchev–Trinajstić information content (AvgIpc) is 3.31. The van der Waals surface area contributed by atoms with Crippen LogP contribution in [0, 0.1) is 12.8 Å². The first-order valence-electron chi connectivity index (χ1n) is 10.8. The van der Waals surface area contributed by atoms with Crippen LogP contribution in [0.15, 0.2) is 78.9 Å². The summed E-state index contributed by atoms with van der Waals surface area (Å²) in [5.41, 5.74) is 3.73. The lowest BCUT2D eigenvalue weighted by atomic mass is 9.90. The molecule has 2 aliphatic rings. The number of hydroxylamine groups is 1. The summed E-state index contributed by atoms with van der Waals surface area (Å²) in [6.45, 7) is 3.37.